The number of nitrogens with zero attached hydrogens (tertiary/aromatic N) is 1. The Morgan fingerprint density at radius 1 is 1.39 bits per heavy atom. The number of Topliss-reactive ketones (excluding diaryl/α,β-unsaturated/α-hetero) is 1. The lowest BCUT2D eigenvalue weighted by molar-refractivity contribution is -0.132. The molecular formula is C19H20FNO2. The lowest BCUT2D eigenvalue weighted by atomic mass is 9.55. The van der Waals surface area contributed by atoms with E-state index in [2.05, 4.69) is 0 Å². The summed E-state index contributed by atoms with van der Waals surface area (Å²) in [6.07, 6.45) is 2.39. The molecule has 5 atom stereocenters. The van der Waals surface area contributed by atoms with Crippen LogP contribution in [0.25, 0.3) is 0 Å². The molecule has 3 nitrogen and oxygen atoms in total. The Bertz CT molecular complexity index is 738. The van der Waals surface area contributed by atoms with E-state index in [1.807, 2.05) is 19.1 Å². The van der Waals surface area contributed by atoms with Crippen LogP contribution >= 0.6 is 0 Å². The van der Waals surface area contributed by atoms with E-state index < -0.39 is 11.6 Å². The van der Waals surface area contributed by atoms with Gasteiger partial charge in [-0.3, -0.25) is 4.79 Å². The molecule has 0 aromatic heterocycles. The molecule has 0 heterocycles. The fourth-order valence-corrected chi connectivity index (χ4v) is 5.45. The molecule has 23 heavy (non-hydrogen) atoms. The van der Waals surface area contributed by atoms with E-state index >= 15 is 0 Å². The summed E-state index contributed by atoms with van der Waals surface area (Å²) in [6, 6.07) is 5.58. The van der Waals surface area contributed by atoms with E-state index in [0.29, 0.717) is 17.9 Å². The molecule has 2 fully saturated rings. The Morgan fingerprint density at radius 2 is 2.17 bits per heavy atom. The predicted octanol–water partition coefficient (Wildman–Crippen LogP) is 3.64. The van der Waals surface area contributed by atoms with Gasteiger partial charge in [0.05, 0.1) is 5.56 Å². The number of rotatable bonds is 0. The molecular weight excluding hydrogens is 293 g/mol. The summed E-state index contributed by atoms with van der Waals surface area (Å²) in [7, 11) is 0. The van der Waals surface area contributed by atoms with Crippen LogP contribution < -0.4 is 0 Å². The molecule has 3 aliphatic rings. The summed E-state index contributed by atoms with van der Waals surface area (Å²) in [6.45, 7) is 1.95. The van der Waals surface area contributed by atoms with Gasteiger partial charge in [0.25, 0.3) is 0 Å². The number of nitriles is 1. The van der Waals surface area contributed by atoms with E-state index in [0.717, 1.165) is 36.8 Å². The zero-order valence-electron chi connectivity index (χ0n) is 13.2. The minimum absolute atomic E-state index is 0.0465. The van der Waals surface area contributed by atoms with Crippen LogP contribution in [0.3, 0.4) is 0 Å². The number of benzene rings is 1. The van der Waals surface area contributed by atoms with Gasteiger partial charge >= 0.3 is 0 Å². The summed E-state index contributed by atoms with van der Waals surface area (Å²) in [5.41, 5.74) is 2.04. The topological polar surface area (TPSA) is 61.1 Å². The molecule has 0 aliphatic heterocycles. The van der Waals surface area contributed by atoms with Gasteiger partial charge in [-0.25, -0.2) is 4.39 Å². The number of hydrogen-bond donors (Lipinski definition) is 1. The predicted molar refractivity (Wildman–Crippen MR) is 82.7 cm³/mol. The summed E-state index contributed by atoms with van der Waals surface area (Å²) in [5.74, 6) is 0.543. The third-order valence-corrected chi connectivity index (χ3v) is 6.66. The quantitative estimate of drug-likeness (QED) is 0.795. The van der Waals surface area contributed by atoms with Crippen LogP contribution in [0.2, 0.25) is 0 Å². The van der Waals surface area contributed by atoms with Gasteiger partial charge in [0, 0.05) is 5.41 Å². The van der Waals surface area contributed by atoms with Crippen molar-refractivity contribution < 1.29 is 14.3 Å². The van der Waals surface area contributed by atoms with Gasteiger partial charge in [0.15, 0.2) is 12.0 Å². The van der Waals surface area contributed by atoms with Gasteiger partial charge in [0.2, 0.25) is 0 Å². The molecule has 3 aliphatic carbocycles. The van der Waals surface area contributed by atoms with Crippen molar-refractivity contribution in [2.45, 2.75) is 51.1 Å². The number of aryl methyl sites for hydroxylation is 1. The smallest absolute Gasteiger partial charge is 0.173 e. The van der Waals surface area contributed by atoms with E-state index in [1.54, 1.807) is 6.07 Å². The second kappa shape index (κ2) is 4.80. The van der Waals surface area contributed by atoms with Crippen molar-refractivity contribution in [2.75, 3.05) is 0 Å². The van der Waals surface area contributed by atoms with Crippen LogP contribution in [0.1, 0.15) is 55.2 Å². The Labute approximate surface area is 135 Å². The first kappa shape index (κ1) is 14.7. The summed E-state index contributed by atoms with van der Waals surface area (Å²) >= 11 is 0. The number of carbonyl (C=O) groups excluding carboxylic acids is 1. The Morgan fingerprint density at radius 3 is 2.91 bits per heavy atom. The van der Waals surface area contributed by atoms with Gasteiger partial charge in [-0.05, 0) is 73.1 Å². The molecule has 0 unspecified atom stereocenters. The Kier molecular flexibility index (Phi) is 3.07. The third kappa shape index (κ3) is 1.89. The lowest BCUT2D eigenvalue weighted by Gasteiger charge is -2.48. The number of carbonyl (C=O) groups is 1. The second-order valence-corrected chi connectivity index (χ2v) is 7.62. The van der Waals surface area contributed by atoms with E-state index in [9.17, 15) is 19.6 Å². The number of halogens is 1. The highest BCUT2D eigenvalue weighted by molar-refractivity contribution is 5.91. The molecule has 0 saturated heterocycles. The second-order valence-electron chi connectivity index (χ2n) is 7.62. The van der Waals surface area contributed by atoms with Crippen molar-refractivity contribution in [2.24, 2.45) is 17.3 Å². The summed E-state index contributed by atoms with van der Waals surface area (Å²) in [4.78, 5) is 12.3. The molecule has 0 radical (unpaired) electrons. The van der Waals surface area contributed by atoms with Crippen molar-refractivity contribution in [1.82, 2.24) is 0 Å². The van der Waals surface area contributed by atoms with Crippen LogP contribution in [-0.4, -0.2) is 17.1 Å². The van der Waals surface area contributed by atoms with Crippen LogP contribution in [-0.2, 0) is 11.2 Å². The summed E-state index contributed by atoms with van der Waals surface area (Å²) < 4.78 is 14.1. The average Bonchev–Trinajstić information content (AvgIpc) is 2.77. The number of ketones is 1. The zero-order chi connectivity index (χ0) is 16.4. The summed E-state index contributed by atoms with van der Waals surface area (Å²) in [5, 5.41) is 19.1. The molecule has 0 amide bonds. The van der Waals surface area contributed by atoms with Gasteiger partial charge < -0.3 is 5.11 Å². The van der Waals surface area contributed by atoms with E-state index in [-0.39, 0.29) is 23.4 Å². The van der Waals surface area contributed by atoms with E-state index in [4.69, 9.17) is 0 Å². The Balaban J connectivity index is 1.76. The number of aromatic hydroxyl groups is 1. The molecule has 0 bridgehead atoms. The largest absolute Gasteiger partial charge is 0.507 e. The van der Waals surface area contributed by atoms with Crippen molar-refractivity contribution in [1.29, 1.82) is 5.26 Å². The number of alkyl halides is 1. The number of hydrogen-bond acceptors (Lipinski definition) is 3. The number of phenolic OH excluding ortho intramolecular Hbond substituents is 1. The monoisotopic (exact) mass is 313 g/mol. The van der Waals surface area contributed by atoms with Crippen molar-refractivity contribution in [3.8, 4) is 11.8 Å². The third-order valence-electron chi connectivity index (χ3n) is 6.66. The average molecular weight is 313 g/mol. The highest BCUT2D eigenvalue weighted by Crippen LogP contribution is 2.60. The number of fused-ring (bicyclic) bond motifs is 5. The van der Waals surface area contributed by atoms with Crippen LogP contribution in [0.15, 0.2) is 12.1 Å². The fraction of sp³-hybridized carbons (Fsp3) is 0.579. The standard InChI is InChI=1S/C19H20FNO2/c1-19-5-4-12-13(15(19)8-16(20)18(19)23)3-2-10-7-17(22)11(9-21)6-14(10)12/h6-7,12-13,15-16,22H,2-5,8H2,1H3/t12-,13+,15-,16+,19-/m0/s1. The van der Waals surface area contributed by atoms with Crippen LogP contribution in [0.4, 0.5) is 4.39 Å². The number of phenols is 1. The maximum Gasteiger partial charge on any atom is 0.173 e. The van der Waals surface area contributed by atoms with E-state index in [1.165, 1.54) is 0 Å². The molecule has 4 heteroatoms. The Hall–Kier alpha value is -1.89. The molecule has 120 valence electrons. The molecule has 2 saturated carbocycles. The van der Waals surface area contributed by atoms with Crippen LogP contribution in [0.5, 0.6) is 5.75 Å². The highest BCUT2D eigenvalue weighted by atomic mass is 19.1. The lowest BCUT2D eigenvalue weighted by Crippen LogP contribution is -2.42. The van der Waals surface area contributed by atoms with Crippen LogP contribution in [0, 0.1) is 28.6 Å². The maximum atomic E-state index is 14.1. The van der Waals surface area contributed by atoms with Crippen molar-refractivity contribution in [3.63, 3.8) is 0 Å². The molecule has 1 aromatic carbocycles. The fourth-order valence-electron chi connectivity index (χ4n) is 5.45. The van der Waals surface area contributed by atoms with Gasteiger partial charge in [-0.2, -0.15) is 5.26 Å². The normalized spacial score (nSPS) is 38.4. The SMILES string of the molecule is C[C@]12CC[C@@H]3c4cc(C#N)c(O)cc4CC[C@H]3[C@@H]1C[C@@H](F)C2=O. The highest BCUT2D eigenvalue weighted by Gasteiger charge is 2.58. The first-order valence-electron chi connectivity index (χ1n) is 8.40. The maximum absolute atomic E-state index is 14.1. The molecule has 1 N–H and O–H groups in total. The first-order chi connectivity index (χ1) is 11.0. The molecule has 4 rings (SSSR count). The van der Waals surface area contributed by atoms with Gasteiger partial charge in [-0.1, -0.05) is 6.92 Å². The van der Waals surface area contributed by atoms with Crippen molar-refractivity contribution in [3.05, 3.63) is 28.8 Å². The minimum Gasteiger partial charge on any atom is -0.507 e. The van der Waals surface area contributed by atoms with Gasteiger partial charge in [-0.15, -0.1) is 0 Å². The minimum atomic E-state index is -1.31. The molecule has 0 spiro atoms. The zero-order valence-corrected chi connectivity index (χ0v) is 13.2. The molecule has 1 aromatic rings. The first-order valence-corrected chi connectivity index (χ1v) is 8.40. The van der Waals surface area contributed by atoms with Crippen molar-refractivity contribution >= 4 is 5.78 Å². The van der Waals surface area contributed by atoms with Gasteiger partial charge in [0.1, 0.15) is 11.8 Å².